The highest BCUT2D eigenvalue weighted by atomic mass is 19.4. The number of rotatable bonds is 8. The molecule has 156 valence electrons. The molecule has 1 amide bonds. The topological polar surface area (TPSA) is 81.2 Å². The maximum absolute atomic E-state index is 12.4. The number of halogens is 3. The molecule has 0 aliphatic rings. The second-order valence-corrected chi connectivity index (χ2v) is 6.89. The third-order valence-electron chi connectivity index (χ3n) is 3.99. The Bertz CT molecular complexity index is 883. The van der Waals surface area contributed by atoms with Crippen LogP contribution in [0.2, 0.25) is 0 Å². The number of aromatic nitrogens is 2. The van der Waals surface area contributed by atoms with Crippen LogP contribution in [0.1, 0.15) is 41.0 Å². The fourth-order valence-electron chi connectivity index (χ4n) is 2.40. The van der Waals surface area contributed by atoms with Gasteiger partial charge < -0.3 is 10.1 Å². The van der Waals surface area contributed by atoms with E-state index in [0.717, 1.165) is 0 Å². The van der Waals surface area contributed by atoms with Gasteiger partial charge in [0.05, 0.1) is 0 Å². The summed E-state index contributed by atoms with van der Waals surface area (Å²) < 4.78 is 41.4. The fourth-order valence-corrected chi connectivity index (χ4v) is 2.40. The Labute approximate surface area is 166 Å². The Hall–Kier alpha value is -2.97. The maximum Gasteiger partial charge on any atom is 0.422 e. The van der Waals surface area contributed by atoms with E-state index < -0.39 is 12.8 Å². The van der Waals surface area contributed by atoms with E-state index in [2.05, 4.69) is 20.0 Å². The van der Waals surface area contributed by atoms with Crippen molar-refractivity contribution < 1.29 is 27.5 Å². The van der Waals surface area contributed by atoms with Crippen molar-refractivity contribution >= 4 is 11.7 Å². The van der Waals surface area contributed by atoms with E-state index in [-0.39, 0.29) is 36.5 Å². The highest BCUT2D eigenvalue weighted by Gasteiger charge is 2.29. The lowest BCUT2D eigenvalue weighted by Gasteiger charge is -2.12. The number of aryl methyl sites for hydroxylation is 1. The lowest BCUT2D eigenvalue weighted by molar-refractivity contribution is -0.154. The summed E-state index contributed by atoms with van der Waals surface area (Å²) in [6, 6.07) is 4.70. The number of ketones is 1. The van der Waals surface area contributed by atoms with Crippen LogP contribution < -0.4 is 10.1 Å². The summed E-state index contributed by atoms with van der Waals surface area (Å²) in [5, 5.41) is 2.71. The number of nitrogens with zero attached hydrogens (tertiary/aromatic N) is 2. The molecule has 1 N–H and O–H groups in total. The molecule has 0 aliphatic heterocycles. The number of amides is 1. The first kappa shape index (κ1) is 22.3. The zero-order valence-electron chi connectivity index (χ0n) is 16.3. The third kappa shape index (κ3) is 7.17. The average molecular weight is 409 g/mol. The summed E-state index contributed by atoms with van der Waals surface area (Å²) in [4.78, 5) is 32.2. The molecule has 0 saturated carbocycles. The van der Waals surface area contributed by atoms with E-state index in [9.17, 15) is 22.8 Å². The second-order valence-electron chi connectivity index (χ2n) is 6.89. The molecule has 29 heavy (non-hydrogen) atoms. The minimum Gasteiger partial charge on any atom is -0.468 e. The van der Waals surface area contributed by atoms with Crippen molar-refractivity contribution in [3.05, 3.63) is 53.0 Å². The van der Waals surface area contributed by atoms with Crippen LogP contribution in [0.4, 0.5) is 13.2 Å². The number of carbonyl (C=O) groups is 2. The van der Waals surface area contributed by atoms with E-state index >= 15 is 0 Å². The van der Waals surface area contributed by atoms with Crippen LogP contribution in [0.15, 0.2) is 30.6 Å². The van der Waals surface area contributed by atoms with Crippen molar-refractivity contribution in [3.63, 3.8) is 0 Å². The maximum atomic E-state index is 12.4. The highest BCUT2D eigenvalue weighted by molar-refractivity contribution is 5.94. The predicted octanol–water partition coefficient (Wildman–Crippen LogP) is 3.42. The molecule has 0 saturated heterocycles. The number of Topliss-reactive ketones (excluding diaryl/α,β-unsaturated/α-hetero) is 1. The quantitative estimate of drug-likeness (QED) is 0.723. The summed E-state index contributed by atoms with van der Waals surface area (Å²) in [6.07, 6.45) is -1.47. The van der Waals surface area contributed by atoms with E-state index in [4.69, 9.17) is 0 Å². The van der Waals surface area contributed by atoms with Gasteiger partial charge in [-0.25, -0.2) is 4.98 Å². The van der Waals surface area contributed by atoms with E-state index in [0.29, 0.717) is 22.4 Å². The SMILES string of the molecule is Cc1cc(CNC(=O)c2ccnc(CC(=O)C(C)C)c2)cnc1OCC(F)(F)F. The van der Waals surface area contributed by atoms with Crippen LogP contribution in [0.3, 0.4) is 0 Å². The highest BCUT2D eigenvalue weighted by Crippen LogP contribution is 2.20. The van der Waals surface area contributed by atoms with Crippen LogP contribution in [-0.4, -0.2) is 34.4 Å². The zero-order valence-corrected chi connectivity index (χ0v) is 16.3. The third-order valence-corrected chi connectivity index (χ3v) is 3.99. The van der Waals surface area contributed by atoms with Gasteiger partial charge in [-0.15, -0.1) is 0 Å². The number of hydrogen-bond donors (Lipinski definition) is 1. The molecule has 2 rings (SSSR count). The lowest BCUT2D eigenvalue weighted by Crippen LogP contribution is -2.23. The van der Waals surface area contributed by atoms with Crippen molar-refractivity contribution in [3.8, 4) is 5.88 Å². The van der Waals surface area contributed by atoms with Crippen molar-refractivity contribution in [2.24, 2.45) is 5.92 Å². The Balaban J connectivity index is 1.97. The van der Waals surface area contributed by atoms with Gasteiger partial charge in [0.25, 0.3) is 5.91 Å². The van der Waals surface area contributed by atoms with Gasteiger partial charge >= 0.3 is 6.18 Å². The van der Waals surface area contributed by atoms with Gasteiger partial charge in [0, 0.05) is 48.1 Å². The molecule has 2 aromatic heterocycles. The smallest absolute Gasteiger partial charge is 0.422 e. The lowest BCUT2D eigenvalue weighted by atomic mass is 10.0. The first-order valence-electron chi connectivity index (χ1n) is 8.96. The first-order chi connectivity index (χ1) is 13.5. The van der Waals surface area contributed by atoms with E-state index in [1.54, 1.807) is 32.9 Å². The molecule has 0 atom stereocenters. The molecule has 0 spiro atoms. The molecule has 0 radical (unpaired) electrons. The summed E-state index contributed by atoms with van der Waals surface area (Å²) in [6.45, 7) is 3.89. The minimum absolute atomic E-state index is 0.0319. The van der Waals surface area contributed by atoms with Gasteiger partial charge in [-0.1, -0.05) is 13.8 Å². The number of hydrogen-bond acceptors (Lipinski definition) is 5. The van der Waals surface area contributed by atoms with Crippen LogP contribution in [-0.2, 0) is 17.8 Å². The van der Waals surface area contributed by atoms with Gasteiger partial charge in [-0.05, 0) is 30.7 Å². The molecule has 0 fully saturated rings. The predicted molar refractivity (Wildman–Crippen MR) is 99.5 cm³/mol. The normalized spacial score (nSPS) is 11.4. The summed E-state index contributed by atoms with van der Waals surface area (Å²) >= 11 is 0. The van der Waals surface area contributed by atoms with Crippen molar-refractivity contribution in [2.75, 3.05) is 6.61 Å². The van der Waals surface area contributed by atoms with Gasteiger partial charge in [-0.2, -0.15) is 13.2 Å². The molecule has 2 heterocycles. The number of alkyl halides is 3. The molecule has 0 aliphatic carbocycles. The van der Waals surface area contributed by atoms with E-state index in [1.807, 2.05) is 0 Å². The van der Waals surface area contributed by atoms with Crippen molar-refractivity contribution in [1.29, 1.82) is 0 Å². The zero-order chi connectivity index (χ0) is 21.6. The van der Waals surface area contributed by atoms with Crippen LogP contribution in [0.5, 0.6) is 5.88 Å². The summed E-state index contributed by atoms with van der Waals surface area (Å²) in [7, 11) is 0. The van der Waals surface area contributed by atoms with Gasteiger partial charge in [0.2, 0.25) is 5.88 Å². The van der Waals surface area contributed by atoms with Gasteiger partial charge in [-0.3, -0.25) is 14.6 Å². The standard InChI is InChI=1S/C20H22F3N3O3/c1-12(2)17(27)8-16-7-15(4-5-24-16)18(28)25-9-14-6-13(3)19(26-10-14)29-11-20(21,22)23/h4-7,10,12H,8-9,11H2,1-3H3,(H,25,28). The number of pyridine rings is 2. The molecule has 0 unspecified atom stereocenters. The van der Waals surface area contributed by atoms with Crippen LogP contribution in [0.25, 0.3) is 0 Å². The first-order valence-corrected chi connectivity index (χ1v) is 8.96. The van der Waals surface area contributed by atoms with Gasteiger partial charge in [0.15, 0.2) is 6.61 Å². The fraction of sp³-hybridized carbons (Fsp3) is 0.400. The molecule has 2 aromatic rings. The van der Waals surface area contributed by atoms with Crippen molar-refractivity contribution in [2.45, 2.75) is 39.9 Å². The van der Waals surface area contributed by atoms with Crippen LogP contribution in [0, 0.1) is 12.8 Å². The number of ether oxygens (including phenoxy) is 1. The molecule has 6 nitrogen and oxygen atoms in total. The number of carbonyl (C=O) groups excluding carboxylic acids is 2. The Morgan fingerprint density at radius 2 is 1.93 bits per heavy atom. The second kappa shape index (κ2) is 9.49. The summed E-state index contributed by atoms with van der Waals surface area (Å²) in [5.74, 6) is -0.552. The molecule has 0 bridgehead atoms. The minimum atomic E-state index is -4.44. The average Bonchev–Trinajstić information content (AvgIpc) is 2.64. The molecular weight excluding hydrogens is 387 g/mol. The molecule has 9 heteroatoms. The molecule has 0 aromatic carbocycles. The van der Waals surface area contributed by atoms with Gasteiger partial charge in [0.1, 0.15) is 5.78 Å². The monoisotopic (exact) mass is 409 g/mol. The van der Waals surface area contributed by atoms with E-state index in [1.165, 1.54) is 18.5 Å². The van der Waals surface area contributed by atoms with Crippen LogP contribution >= 0.6 is 0 Å². The molecular formula is C20H22F3N3O3. The Kier molecular flexibility index (Phi) is 7.30. The number of nitrogens with one attached hydrogen (secondary N) is 1. The van der Waals surface area contributed by atoms with Crippen molar-refractivity contribution in [1.82, 2.24) is 15.3 Å². The summed E-state index contributed by atoms with van der Waals surface area (Å²) in [5.41, 5.74) is 1.92. The Morgan fingerprint density at radius 3 is 2.55 bits per heavy atom. The largest absolute Gasteiger partial charge is 0.468 e. The Morgan fingerprint density at radius 1 is 1.21 bits per heavy atom.